The molecule has 0 aromatic heterocycles. The van der Waals surface area contributed by atoms with E-state index in [0.29, 0.717) is 24.6 Å². The van der Waals surface area contributed by atoms with Gasteiger partial charge < -0.3 is 10.2 Å². The molecule has 1 N–H and O–H groups in total. The second-order valence-corrected chi connectivity index (χ2v) is 7.13. The number of urea groups is 1. The van der Waals surface area contributed by atoms with E-state index in [1.165, 1.54) is 12.8 Å². The van der Waals surface area contributed by atoms with Crippen molar-refractivity contribution in [2.75, 3.05) is 13.1 Å². The van der Waals surface area contributed by atoms with Crippen LogP contribution in [-0.4, -0.2) is 41.0 Å². The second kappa shape index (κ2) is 5.54. The number of fused-ring (bicyclic) bond motifs is 1. The third-order valence-electron chi connectivity index (χ3n) is 5.40. The Morgan fingerprint density at radius 2 is 2.13 bits per heavy atom. The molecule has 2 atom stereocenters. The number of nitriles is 1. The van der Waals surface area contributed by atoms with Gasteiger partial charge in [-0.2, -0.15) is 5.26 Å². The molecule has 4 rings (SSSR count). The van der Waals surface area contributed by atoms with E-state index in [4.69, 9.17) is 0 Å². The van der Waals surface area contributed by atoms with Gasteiger partial charge in [0.05, 0.1) is 11.6 Å². The normalized spacial score (nSPS) is 26.9. The van der Waals surface area contributed by atoms with Gasteiger partial charge in [0.25, 0.3) is 0 Å². The highest BCUT2D eigenvalue weighted by atomic mass is 16.2. The number of carbonyl (C=O) groups excluding carboxylic acids is 1. The molecule has 2 unspecified atom stereocenters. The van der Waals surface area contributed by atoms with Crippen molar-refractivity contribution >= 4 is 6.03 Å². The van der Waals surface area contributed by atoms with Crippen molar-refractivity contribution in [3.63, 3.8) is 0 Å². The number of hydrogen-bond donors (Lipinski definition) is 1. The molecular weight excluding hydrogens is 288 g/mol. The number of carbonyl (C=O) groups is 1. The second-order valence-electron chi connectivity index (χ2n) is 7.13. The topological polar surface area (TPSA) is 59.4 Å². The van der Waals surface area contributed by atoms with E-state index in [2.05, 4.69) is 23.2 Å². The average molecular weight is 310 g/mol. The zero-order chi connectivity index (χ0) is 16.0. The van der Waals surface area contributed by atoms with Crippen LogP contribution in [0.1, 0.15) is 36.5 Å². The average Bonchev–Trinajstić information content (AvgIpc) is 3.20. The first-order chi connectivity index (χ1) is 11.2. The van der Waals surface area contributed by atoms with Crippen molar-refractivity contribution in [1.82, 2.24) is 15.1 Å². The maximum atomic E-state index is 12.6. The molecular formula is C18H22N4O. The van der Waals surface area contributed by atoms with Crippen molar-refractivity contribution in [2.45, 2.75) is 44.9 Å². The van der Waals surface area contributed by atoms with Crippen LogP contribution in [-0.2, 0) is 13.1 Å². The first kappa shape index (κ1) is 14.5. The number of likely N-dealkylation sites (tertiary alicyclic amines) is 1. The van der Waals surface area contributed by atoms with E-state index in [9.17, 15) is 10.1 Å². The highest BCUT2D eigenvalue weighted by molar-refractivity contribution is 5.75. The molecule has 0 bridgehead atoms. The lowest BCUT2D eigenvalue weighted by atomic mass is 10.1. The molecule has 120 valence electrons. The summed E-state index contributed by atoms with van der Waals surface area (Å²) in [7, 11) is 0. The molecule has 5 heteroatoms. The fraction of sp³-hybridized carbons (Fsp3) is 0.556. The Morgan fingerprint density at radius 1 is 1.30 bits per heavy atom. The minimum absolute atomic E-state index is 0.000383. The predicted molar refractivity (Wildman–Crippen MR) is 86.5 cm³/mol. The predicted octanol–water partition coefficient (Wildman–Crippen LogP) is 2.07. The number of rotatable bonds is 2. The molecule has 0 spiro atoms. The lowest BCUT2D eigenvalue weighted by Gasteiger charge is -2.22. The lowest BCUT2D eigenvalue weighted by molar-refractivity contribution is 0.192. The molecule has 5 nitrogen and oxygen atoms in total. The monoisotopic (exact) mass is 310 g/mol. The molecule has 1 aromatic carbocycles. The van der Waals surface area contributed by atoms with Crippen molar-refractivity contribution < 1.29 is 4.79 Å². The van der Waals surface area contributed by atoms with Gasteiger partial charge in [0.2, 0.25) is 0 Å². The van der Waals surface area contributed by atoms with E-state index in [1.807, 2.05) is 23.1 Å². The Balaban J connectivity index is 1.40. The molecule has 2 aliphatic heterocycles. The van der Waals surface area contributed by atoms with Gasteiger partial charge >= 0.3 is 6.03 Å². The fourth-order valence-corrected chi connectivity index (χ4v) is 3.85. The zero-order valence-corrected chi connectivity index (χ0v) is 13.5. The van der Waals surface area contributed by atoms with Gasteiger partial charge in [0, 0.05) is 38.3 Å². The van der Waals surface area contributed by atoms with Crippen LogP contribution in [0.25, 0.3) is 0 Å². The van der Waals surface area contributed by atoms with Crippen LogP contribution in [0.3, 0.4) is 0 Å². The summed E-state index contributed by atoms with van der Waals surface area (Å²) in [6.07, 6.45) is 2.62. The summed E-state index contributed by atoms with van der Waals surface area (Å²) in [6, 6.07) is 8.95. The van der Waals surface area contributed by atoms with Gasteiger partial charge in [-0.25, -0.2) is 4.79 Å². The summed E-state index contributed by atoms with van der Waals surface area (Å²) in [4.78, 5) is 17.0. The summed E-state index contributed by atoms with van der Waals surface area (Å²) in [5.41, 5.74) is 2.79. The zero-order valence-electron chi connectivity index (χ0n) is 13.5. The molecule has 2 amide bonds. The molecule has 2 heterocycles. The first-order valence-corrected chi connectivity index (χ1v) is 8.46. The fourth-order valence-electron chi connectivity index (χ4n) is 3.85. The van der Waals surface area contributed by atoms with Gasteiger partial charge in [0.15, 0.2) is 0 Å². The summed E-state index contributed by atoms with van der Waals surface area (Å²) in [5.74, 6) is 0.499. The Kier molecular flexibility index (Phi) is 3.50. The van der Waals surface area contributed by atoms with Gasteiger partial charge in [-0.3, -0.25) is 4.90 Å². The van der Waals surface area contributed by atoms with Gasteiger partial charge in [-0.1, -0.05) is 19.1 Å². The van der Waals surface area contributed by atoms with E-state index >= 15 is 0 Å². The van der Waals surface area contributed by atoms with Crippen LogP contribution in [0.4, 0.5) is 4.79 Å². The Hall–Kier alpha value is -2.06. The summed E-state index contributed by atoms with van der Waals surface area (Å²) in [5, 5.41) is 12.4. The van der Waals surface area contributed by atoms with Crippen LogP contribution in [0, 0.1) is 17.2 Å². The van der Waals surface area contributed by atoms with Gasteiger partial charge in [0.1, 0.15) is 0 Å². The number of amides is 2. The summed E-state index contributed by atoms with van der Waals surface area (Å²) < 4.78 is 0. The summed E-state index contributed by atoms with van der Waals surface area (Å²) in [6.45, 7) is 5.43. The maximum absolute atomic E-state index is 12.6. The largest absolute Gasteiger partial charge is 0.334 e. The van der Waals surface area contributed by atoms with Crippen LogP contribution in [0.5, 0.6) is 0 Å². The van der Waals surface area contributed by atoms with E-state index < -0.39 is 0 Å². The number of hydrogen-bond acceptors (Lipinski definition) is 3. The molecule has 23 heavy (non-hydrogen) atoms. The van der Waals surface area contributed by atoms with Crippen molar-refractivity contribution in [3.8, 4) is 6.07 Å². The highest BCUT2D eigenvalue weighted by Crippen LogP contribution is 2.32. The molecule has 3 aliphatic rings. The quantitative estimate of drug-likeness (QED) is 0.909. The van der Waals surface area contributed by atoms with Crippen LogP contribution < -0.4 is 5.32 Å². The van der Waals surface area contributed by atoms with E-state index in [1.54, 1.807) is 0 Å². The molecule has 1 aromatic rings. The number of nitrogens with one attached hydrogen (secondary N) is 1. The lowest BCUT2D eigenvalue weighted by Crippen LogP contribution is -2.45. The SMILES string of the molecule is CC1CN(C2CC2)CC1NC(=O)N1Cc2cccc(C#N)c2C1. The molecule has 0 radical (unpaired) electrons. The Morgan fingerprint density at radius 3 is 2.87 bits per heavy atom. The first-order valence-electron chi connectivity index (χ1n) is 8.46. The number of nitrogens with zero attached hydrogens (tertiary/aromatic N) is 3. The summed E-state index contributed by atoms with van der Waals surface area (Å²) >= 11 is 0. The third-order valence-corrected chi connectivity index (χ3v) is 5.40. The van der Waals surface area contributed by atoms with Crippen LogP contribution in [0.15, 0.2) is 18.2 Å². The molecule has 1 aliphatic carbocycles. The smallest absolute Gasteiger partial charge is 0.318 e. The Labute approximate surface area is 136 Å². The van der Waals surface area contributed by atoms with Crippen LogP contribution >= 0.6 is 0 Å². The Bertz CT molecular complexity index is 676. The van der Waals surface area contributed by atoms with E-state index in [-0.39, 0.29) is 12.1 Å². The molecule has 1 saturated carbocycles. The van der Waals surface area contributed by atoms with Crippen molar-refractivity contribution in [1.29, 1.82) is 5.26 Å². The highest BCUT2D eigenvalue weighted by Gasteiger charge is 2.39. The minimum Gasteiger partial charge on any atom is -0.334 e. The van der Waals surface area contributed by atoms with Crippen molar-refractivity contribution in [2.24, 2.45) is 5.92 Å². The standard InChI is InChI=1S/C18H22N4O/c1-12-8-21(15-5-6-15)11-17(12)20-18(23)22-9-14-4-2-3-13(7-19)16(14)10-22/h2-4,12,15,17H,5-6,8-11H2,1H3,(H,20,23). The molecule has 1 saturated heterocycles. The van der Waals surface area contributed by atoms with E-state index in [0.717, 1.165) is 30.3 Å². The minimum atomic E-state index is -0.000383. The molecule has 2 fully saturated rings. The van der Waals surface area contributed by atoms with Gasteiger partial charge in [-0.15, -0.1) is 0 Å². The van der Waals surface area contributed by atoms with Crippen LogP contribution in [0.2, 0.25) is 0 Å². The van der Waals surface area contributed by atoms with Crippen molar-refractivity contribution in [3.05, 3.63) is 34.9 Å². The third kappa shape index (κ3) is 2.68. The maximum Gasteiger partial charge on any atom is 0.318 e. The van der Waals surface area contributed by atoms with Gasteiger partial charge in [-0.05, 0) is 36.0 Å². The number of benzene rings is 1.